The number of likely N-dealkylation sites (N-methyl/N-ethyl adjacent to an activating group) is 1. The molecule has 0 aliphatic carbocycles. The number of ether oxygens (including phenoxy) is 2. The van der Waals surface area contributed by atoms with Crippen LogP contribution >= 0.6 is 0 Å². The van der Waals surface area contributed by atoms with Crippen LogP contribution in [0.15, 0.2) is 0 Å². The molecule has 19 heavy (non-hydrogen) atoms. The number of hydrogen-bond acceptors (Lipinski definition) is 5. The van der Waals surface area contributed by atoms with Crippen molar-refractivity contribution >= 4 is 6.16 Å². The van der Waals surface area contributed by atoms with Gasteiger partial charge in [0.1, 0.15) is 6.17 Å². The molecule has 0 saturated heterocycles. The fraction of sp³-hybridized carbons (Fsp3) is 0.909. The van der Waals surface area contributed by atoms with Crippen molar-refractivity contribution in [3.8, 4) is 0 Å². The van der Waals surface area contributed by atoms with E-state index in [1.165, 1.54) is 0 Å². The Morgan fingerprint density at radius 3 is 2.42 bits per heavy atom. The number of carbonyl (C=O) groups excluding carboxylic acids is 1. The maximum atomic E-state index is 13.0. The molecule has 0 heterocycles. The predicted octanol–water partition coefficient (Wildman–Crippen LogP) is -0.154. The smallest absolute Gasteiger partial charge is 0.379 e. The molecule has 0 rings (SSSR count). The van der Waals surface area contributed by atoms with E-state index < -0.39 is 12.3 Å². The minimum absolute atomic E-state index is 0.166. The fourth-order valence-corrected chi connectivity index (χ4v) is 1.15. The lowest BCUT2D eigenvalue weighted by molar-refractivity contribution is 0.0802. The molecule has 0 aliphatic heterocycles. The summed E-state index contributed by atoms with van der Waals surface area (Å²) in [6.07, 6.45) is -3.13. The van der Waals surface area contributed by atoms with E-state index in [0.717, 1.165) is 6.54 Å². The number of alkyl halides is 1. The number of hydrogen-bond donors (Lipinski definition) is 3. The first kappa shape index (κ1) is 18.2. The van der Waals surface area contributed by atoms with Gasteiger partial charge in [-0.05, 0) is 7.05 Å². The first-order chi connectivity index (χ1) is 9.16. The van der Waals surface area contributed by atoms with Gasteiger partial charge in [-0.25, -0.2) is 9.18 Å². The first-order valence-electron chi connectivity index (χ1n) is 6.25. The third kappa shape index (κ3) is 15.1. The molecule has 6 nitrogen and oxygen atoms in total. The summed E-state index contributed by atoms with van der Waals surface area (Å²) in [6.45, 7) is 3.18. The molecule has 3 N–H and O–H groups in total. The van der Waals surface area contributed by atoms with E-state index in [1.807, 2.05) is 7.05 Å². The number of halogens is 2. The molecule has 0 radical (unpaired) electrons. The van der Waals surface area contributed by atoms with Gasteiger partial charge in [0.2, 0.25) is 0 Å². The Bertz CT molecular complexity index is 223. The van der Waals surface area contributed by atoms with Crippen LogP contribution in [0.1, 0.15) is 0 Å². The summed E-state index contributed by atoms with van der Waals surface area (Å²) in [5, 5.41) is 7.76. The molecular formula is C11H23F2N3O3. The molecule has 1 amide bonds. The molecule has 0 bridgehead atoms. The van der Waals surface area contributed by atoms with Crippen LogP contribution in [0.25, 0.3) is 0 Å². The van der Waals surface area contributed by atoms with E-state index >= 15 is 0 Å². The van der Waals surface area contributed by atoms with E-state index in [9.17, 15) is 13.6 Å². The van der Waals surface area contributed by atoms with Gasteiger partial charge in [0.15, 0.2) is 0 Å². The minimum Gasteiger partial charge on any atom is -0.379 e. The van der Waals surface area contributed by atoms with E-state index in [1.54, 1.807) is 5.32 Å². The van der Waals surface area contributed by atoms with Gasteiger partial charge in [-0.2, -0.15) is 0 Å². The van der Waals surface area contributed by atoms with Gasteiger partial charge in [0, 0.05) is 19.6 Å². The second-order valence-electron chi connectivity index (χ2n) is 3.79. The zero-order valence-corrected chi connectivity index (χ0v) is 11.2. The van der Waals surface area contributed by atoms with Crippen molar-refractivity contribution in [3.63, 3.8) is 0 Å². The zero-order valence-electron chi connectivity index (χ0n) is 11.2. The van der Waals surface area contributed by atoms with Crippen LogP contribution in [-0.4, -0.2) is 72.0 Å². The zero-order chi connectivity index (χ0) is 14.3. The molecule has 8 heteroatoms. The van der Waals surface area contributed by atoms with E-state index in [4.69, 9.17) is 9.47 Å². The van der Waals surface area contributed by atoms with Crippen LogP contribution in [0.4, 0.5) is 13.6 Å². The highest BCUT2D eigenvalue weighted by atomic mass is 19.1. The second-order valence-corrected chi connectivity index (χ2v) is 3.79. The first-order valence-corrected chi connectivity index (χ1v) is 6.25. The molecule has 0 aromatic carbocycles. The van der Waals surface area contributed by atoms with Crippen molar-refractivity contribution in [2.24, 2.45) is 0 Å². The summed E-state index contributed by atoms with van der Waals surface area (Å²) in [4.78, 5) is 9.88. The second kappa shape index (κ2) is 13.6. The largest absolute Gasteiger partial charge is 0.397 e. The third-order valence-electron chi connectivity index (χ3n) is 2.10. The molecule has 1 unspecified atom stereocenters. The van der Waals surface area contributed by atoms with Crippen molar-refractivity contribution in [3.05, 3.63) is 0 Å². The number of rotatable bonds is 13. The summed E-state index contributed by atoms with van der Waals surface area (Å²) < 4.78 is 35.0. The van der Waals surface area contributed by atoms with Crippen LogP contribution in [0.2, 0.25) is 0 Å². The van der Waals surface area contributed by atoms with Gasteiger partial charge >= 0.3 is 6.16 Å². The molecule has 0 spiro atoms. The normalized spacial score (nSPS) is 12.4. The summed E-state index contributed by atoms with van der Waals surface area (Å²) in [6, 6.07) is 0. The molecule has 0 aromatic heterocycles. The highest BCUT2D eigenvalue weighted by Crippen LogP contribution is 1.90. The Morgan fingerprint density at radius 2 is 1.79 bits per heavy atom. The monoisotopic (exact) mass is 283 g/mol. The summed E-state index contributed by atoms with van der Waals surface area (Å²) in [7, 11) is 1.86. The fourth-order valence-electron chi connectivity index (χ4n) is 1.15. The SMILES string of the molecule is CNCCOCCNCCOCC(F)CNC(=O)F. The van der Waals surface area contributed by atoms with Gasteiger partial charge in [0.05, 0.1) is 33.0 Å². The molecule has 0 saturated carbocycles. The Morgan fingerprint density at radius 1 is 1.16 bits per heavy atom. The quantitative estimate of drug-likeness (QED) is 0.249. The lowest BCUT2D eigenvalue weighted by atomic mass is 10.4. The highest BCUT2D eigenvalue weighted by Gasteiger charge is 2.07. The van der Waals surface area contributed by atoms with Crippen molar-refractivity contribution in [1.29, 1.82) is 0 Å². The van der Waals surface area contributed by atoms with Crippen molar-refractivity contribution in [2.75, 3.05) is 59.7 Å². The standard InChI is InChI=1S/C11H23F2N3O3/c1-14-2-5-18-6-3-15-4-7-19-9-10(12)8-16-11(13)17/h10,14-15H,2-9H2,1H3,(H,16,17). The maximum Gasteiger partial charge on any atom is 0.397 e. The highest BCUT2D eigenvalue weighted by molar-refractivity contribution is 5.65. The van der Waals surface area contributed by atoms with E-state index in [2.05, 4.69) is 10.6 Å². The number of carbonyl (C=O) groups is 1. The number of nitrogens with one attached hydrogen (secondary N) is 3. The van der Waals surface area contributed by atoms with Crippen LogP contribution in [-0.2, 0) is 9.47 Å². The average molecular weight is 283 g/mol. The molecule has 1 atom stereocenters. The molecule has 0 aromatic rings. The molecule has 0 aliphatic rings. The van der Waals surface area contributed by atoms with Crippen LogP contribution in [0.3, 0.4) is 0 Å². The van der Waals surface area contributed by atoms with E-state index in [0.29, 0.717) is 32.9 Å². The van der Waals surface area contributed by atoms with Crippen LogP contribution in [0.5, 0.6) is 0 Å². The third-order valence-corrected chi connectivity index (χ3v) is 2.10. The molecular weight excluding hydrogens is 260 g/mol. The average Bonchev–Trinajstić information content (AvgIpc) is 2.38. The summed E-state index contributed by atoms with van der Waals surface area (Å²) in [5.41, 5.74) is 0. The van der Waals surface area contributed by atoms with Crippen molar-refractivity contribution in [1.82, 2.24) is 16.0 Å². The van der Waals surface area contributed by atoms with Crippen molar-refractivity contribution in [2.45, 2.75) is 6.17 Å². The van der Waals surface area contributed by atoms with Gasteiger partial charge in [-0.15, -0.1) is 4.39 Å². The van der Waals surface area contributed by atoms with Gasteiger partial charge in [-0.3, -0.25) is 0 Å². The lowest BCUT2D eigenvalue weighted by Crippen LogP contribution is -2.30. The predicted molar refractivity (Wildman–Crippen MR) is 67.8 cm³/mol. The Labute approximate surface area is 112 Å². The topological polar surface area (TPSA) is 71.6 Å². The van der Waals surface area contributed by atoms with Crippen molar-refractivity contribution < 1.29 is 23.0 Å². The number of amides is 1. The minimum atomic E-state index is -1.73. The Hall–Kier alpha value is -0.830. The summed E-state index contributed by atoms with van der Waals surface area (Å²) >= 11 is 0. The van der Waals surface area contributed by atoms with Gasteiger partial charge in [-0.1, -0.05) is 0 Å². The Kier molecular flexibility index (Phi) is 13.0. The van der Waals surface area contributed by atoms with Crippen LogP contribution in [0, 0.1) is 0 Å². The maximum absolute atomic E-state index is 13.0. The van der Waals surface area contributed by atoms with Gasteiger partial charge < -0.3 is 25.4 Å². The lowest BCUT2D eigenvalue weighted by Gasteiger charge is -2.09. The molecule has 114 valence electrons. The molecule has 0 fully saturated rings. The van der Waals surface area contributed by atoms with E-state index in [-0.39, 0.29) is 13.2 Å². The van der Waals surface area contributed by atoms with Gasteiger partial charge in [0.25, 0.3) is 0 Å². The Balaban J connectivity index is 3.11. The summed E-state index contributed by atoms with van der Waals surface area (Å²) in [5.74, 6) is 0. The van der Waals surface area contributed by atoms with Crippen LogP contribution < -0.4 is 16.0 Å².